The molecule has 0 saturated heterocycles. The van der Waals surface area contributed by atoms with Crippen LogP contribution in [0.1, 0.15) is 28.6 Å². The molecule has 0 saturated carbocycles. The number of fused-ring (bicyclic) bond motifs is 1. The van der Waals surface area contributed by atoms with Gasteiger partial charge in [-0.1, -0.05) is 18.2 Å². The molecule has 0 aliphatic rings. The number of benzene rings is 2. The Kier molecular flexibility index (Phi) is 5.34. The van der Waals surface area contributed by atoms with Crippen molar-refractivity contribution in [3.05, 3.63) is 64.8 Å². The molecule has 1 unspecified atom stereocenters. The summed E-state index contributed by atoms with van der Waals surface area (Å²) in [7, 11) is 1.65. The van der Waals surface area contributed by atoms with Crippen molar-refractivity contribution >= 4 is 27.3 Å². The summed E-state index contributed by atoms with van der Waals surface area (Å²) in [5, 5.41) is 3.50. The van der Waals surface area contributed by atoms with Crippen LogP contribution in [0.3, 0.4) is 0 Å². The predicted molar refractivity (Wildman–Crippen MR) is 100 cm³/mol. The van der Waals surface area contributed by atoms with Crippen molar-refractivity contribution in [1.82, 2.24) is 5.32 Å². The van der Waals surface area contributed by atoms with Crippen LogP contribution in [0, 0.1) is 5.82 Å². The lowest BCUT2D eigenvalue weighted by atomic mass is 10.1. The van der Waals surface area contributed by atoms with Gasteiger partial charge in [0.1, 0.15) is 11.6 Å². The number of ether oxygens (including phenoxy) is 1. The van der Waals surface area contributed by atoms with E-state index >= 15 is 0 Å². The van der Waals surface area contributed by atoms with E-state index in [0.717, 1.165) is 23.3 Å². The van der Waals surface area contributed by atoms with Gasteiger partial charge >= 0.3 is 0 Å². The minimum absolute atomic E-state index is 0.0321. The maximum Gasteiger partial charge on any atom is 0.261 e. The van der Waals surface area contributed by atoms with Crippen molar-refractivity contribution in [1.29, 1.82) is 0 Å². The number of aryl methyl sites for hydroxylation is 1. The number of halogens is 1. The molecule has 2 aromatic carbocycles. The number of nitrogens with one attached hydrogen (secondary N) is 1. The Labute approximate surface area is 150 Å². The fourth-order valence-corrected chi connectivity index (χ4v) is 3.66. The number of methoxy groups -OCH3 is 1. The second kappa shape index (κ2) is 7.66. The highest BCUT2D eigenvalue weighted by atomic mass is 32.1. The van der Waals surface area contributed by atoms with Crippen LogP contribution in [0.25, 0.3) is 10.1 Å². The fourth-order valence-electron chi connectivity index (χ4n) is 2.68. The molecule has 0 aliphatic heterocycles. The first-order valence-corrected chi connectivity index (χ1v) is 9.00. The smallest absolute Gasteiger partial charge is 0.261 e. The van der Waals surface area contributed by atoms with Gasteiger partial charge < -0.3 is 10.1 Å². The normalized spacial score (nSPS) is 12.1. The molecular weight excluding hydrogens is 337 g/mol. The lowest BCUT2D eigenvalue weighted by Gasteiger charge is -2.13. The van der Waals surface area contributed by atoms with Gasteiger partial charge in [-0.3, -0.25) is 4.79 Å². The van der Waals surface area contributed by atoms with Crippen LogP contribution in [0.2, 0.25) is 0 Å². The highest BCUT2D eigenvalue weighted by Crippen LogP contribution is 2.27. The molecule has 1 atom stereocenters. The first-order chi connectivity index (χ1) is 12.1. The summed E-state index contributed by atoms with van der Waals surface area (Å²) in [6.07, 6.45) is 1.70. The Morgan fingerprint density at radius 2 is 2.00 bits per heavy atom. The molecule has 0 spiro atoms. The molecule has 25 heavy (non-hydrogen) atoms. The third-order valence-corrected chi connectivity index (χ3v) is 5.23. The Bertz CT molecular complexity index is 873. The van der Waals surface area contributed by atoms with Crippen LogP contribution >= 0.6 is 11.3 Å². The lowest BCUT2D eigenvalue weighted by molar-refractivity contribution is 0.0942. The molecule has 3 nitrogen and oxygen atoms in total. The number of rotatable bonds is 6. The molecule has 0 radical (unpaired) electrons. The van der Waals surface area contributed by atoms with Crippen LogP contribution < -0.4 is 10.1 Å². The first kappa shape index (κ1) is 17.4. The van der Waals surface area contributed by atoms with Gasteiger partial charge in [0.15, 0.2) is 0 Å². The van der Waals surface area contributed by atoms with Gasteiger partial charge in [-0.25, -0.2) is 4.39 Å². The molecule has 1 heterocycles. The van der Waals surface area contributed by atoms with E-state index in [0.29, 0.717) is 10.3 Å². The van der Waals surface area contributed by atoms with Crippen LogP contribution in [-0.2, 0) is 6.42 Å². The summed E-state index contributed by atoms with van der Waals surface area (Å²) < 4.78 is 19.7. The molecule has 0 fully saturated rings. The maximum absolute atomic E-state index is 13.8. The van der Waals surface area contributed by atoms with E-state index in [9.17, 15) is 9.18 Å². The SMILES string of the molecule is COc1ccc(CCC(C)NC(=O)c2cc3c(F)cccc3s2)cc1. The molecule has 0 bridgehead atoms. The number of amides is 1. The summed E-state index contributed by atoms with van der Waals surface area (Å²) in [5.41, 5.74) is 1.20. The van der Waals surface area contributed by atoms with Gasteiger partial charge in [-0.05, 0) is 55.7 Å². The molecular formula is C20H20FNO2S. The third-order valence-electron chi connectivity index (χ3n) is 4.13. The molecule has 1 amide bonds. The zero-order valence-corrected chi connectivity index (χ0v) is 15.0. The van der Waals surface area contributed by atoms with Crippen molar-refractivity contribution in [3.63, 3.8) is 0 Å². The molecule has 130 valence electrons. The van der Waals surface area contributed by atoms with Crippen molar-refractivity contribution in [3.8, 4) is 5.75 Å². The van der Waals surface area contributed by atoms with E-state index in [2.05, 4.69) is 5.32 Å². The Morgan fingerprint density at radius 1 is 1.24 bits per heavy atom. The number of carbonyl (C=O) groups excluding carboxylic acids is 1. The zero-order valence-electron chi connectivity index (χ0n) is 14.2. The lowest BCUT2D eigenvalue weighted by Crippen LogP contribution is -2.32. The molecule has 5 heteroatoms. The average Bonchev–Trinajstić information content (AvgIpc) is 3.06. The predicted octanol–water partition coefficient (Wildman–Crippen LogP) is 4.80. The topological polar surface area (TPSA) is 38.3 Å². The summed E-state index contributed by atoms with van der Waals surface area (Å²) in [6.45, 7) is 1.98. The molecule has 3 aromatic rings. The van der Waals surface area contributed by atoms with Crippen LogP contribution in [0.5, 0.6) is 5.75 Å². The second-order valence-corrected chi connectivity index (χ2v) is 7.11. The van der Waals surface area contributed by atoms with Gasteiger partial charge in [-0.2, -0.15) is 0 Å². The summed E-state index contributed by atoms with van der Waals surface area (Å²) >= 11 is 1.31. The van der Waals surface area contributed by atoms with E-state index in [1.54, 1.807) is 19.2 Å². The van der Waals surface area contributed by atoms with Crippen molar-refractivity contribution in [2.24, 2.45) is 0 Å². The Balaban J connectivity index is 1.58. The highest BCUT2D eigenvalue weighted by molar-refractivity contribution is 7.20. The van der Waals surface area contributed by atoms with Crippen molar-refractivity contribution in [2.75, 3.05) is 7.11 Å². The van der Waals surface area contributed by atoms with Gasteiger partial charge in [0.05, 0.1) is 12.0 Å². The van der Waals surface area contributed by atoms with Gasteiger partial charge in [0.25, 0.3) is 5.91 Å². The average molecular weight is 357 g/mol. The third kappa shape index (κ3) is 4.17. The first-order valence-electron chi connectivity index (χ1n) is 8.18. The van der Waals surface area contributed by atoms with Crippen molar-refractivity contribution < 1.29 is 13.9 Å². The number of carbonyl (C=O) groups is 1. The Hall–Kier alpha value is -2.40. The molecule has 1 aromatic heterocycles. The van der Waals surface area contributed by atoms with E-state index in [-0.39, 0.29) is 17.8 Å². The minimum atomic E-state index is -0.291. The standard InChI is InChI=1S/C20H20FNO2S/c1-13(6-7-14-8-10-15(24-2)11-9-14)22-20(23)19-12-16-17(21)4-3-5-18(16)25-19/h3-5,8-13H,6-7H2,1-2H3,(H,22,23). The fraction of sp³-hybridized carbons (Fsp3) is 0.250. The van der Waals surface area contributed by atoms with Gasteiger partial charge in [0.2, 0.25) is 0 Å². The van der Waals surface area contributed by atoms with Crippen LogP contribution in [-0.4, -0.2) is 19.1 Å². The quantitative estimate of drug-likeness (QED) is 0.688. The number of hydrogen-bond acceptors (Lipinski definition) is 3. The van der Waals surface area contributed by atoms with E-state index in [4.69, 9.17) is 4.74 Å². The summed E-state index contributed by atoms with van der Waals surface area (Å²) in [5.74, 6) is 0.394. The van der Waals surface area contributed by atoms with Gasteiger partial charge in [0, 0.05) is 16.1 Å². The highest BCUT2D eigenvalue weighted by Gasteiger charge is 2.14. The maximum atomic E-state index is 13.8. The Morgan fingerprint density at radius 3 is 2.68 bits per heavy atom. The zero-order chi connectivity index (χ0) is 17.8. The molecule has 3 rings (SSSR count). The summed E-state index contributed by atoms with van der Waals surface area (Å²) in [6, 6.07) is 14.5. The number of thiophene rings is 1. The van der Waals surface area contributed by atoms with Gasteiger partial charge in [-0.15, -0.1) is 11.3 Å². The monoisotopic (exact) mass is 357 g/mol. The van der Waals surface area contributed by atoms with Crippen LogP contribution in [0.4, 0.5) is 4.39 Å². The largest absolute Gasteiger partial charge is 0.497 e. The van der Waals surface area contributed by atoms with Crippen molar-refractivity contribution in [2.45, 2.75) is 25.8 Å². The van der Waals surface area contributed by atoms with E-state index in [1.807, 2.05) is 37.3 Å². The molecule has 1 N–H and O–H groups in total. The van der Waals surface area contributed by atoms with E-state index in [1.165, 1.54) is 23.0 Å². The minimum Gasteiger partial charge on any atom is -0.497 e. The summed E-state index contributed by atoms with van der Waals surface area (Å²) in [4.78, 5) is 12.9. The second-order valence-electron chi connectivity index (χ2n) is 6.02. The van der Waals surface area contributed by atoms with E-state index < -0.39 is 0 Å². The van der Waals surface area contributed by atoms with Crippen LogP contribution in [0.15, 0.2) is 48.5 Å². The number of hydrogen-bond donors (Lipinski definition) is 1. The molecule has 0 aliphatic carbocycles.